The molecule has 1 aliphatic rings. The second-order valence-electron chi connectivity index (χ2n) is 7.83. The first-order valence-corrected chi connectivity index (χ1v) is 10.3. The Hall–Kier alpha value is -3.41. The van der Waals surface area contributed by atoms with Crippen molar-refractivity contribution in [2.24, 2.45) is 4.99 Å². The zero-order chi connectivity index (χ0) is 22.5. The fourth-order valence-electron chi connectivity index (χ4n) is 2.57. The van der Waals surface area contributed by atoms with Gasteiger partial charge in [-0.15, -0.1) is 0 Å². The Balaban J connectivity index is 1.81. The number of alkyl carbamates (subject to hydrolysis) is 1. The van der Waals surface area contributed by atoms with E-state index in [4.69, 9.17) is 9.47 Å². The van der Waals surface area contributed by atoms with E-state index in [0.29, 0.717) is 25.0 Å². The highest BCUT2D eigenvalue weighted by molar-refractivity contribution is 5.92. The van der Waals surface area contributed by atoms with E-state index in [1.54, 1.807) is 36.6 Å². The average molecular weight is 423 g/mol. The van der Waals surface area contributed by atoms with Gasteiger partial charge in [0, 0.05) is 18.3 Å². The summed E-state index contributed by atoms with van der Waals surface area (Å²) in [5, 5.41) is 2.68. The van der Waals surface area contributed by atoms with E-state index in [-0.39, 0.29) is 6.61 Å². The molecule has 0 spiro atoms. The van der Waals surface area contributed by atoms with Gasteiger partial charge in [-0.3, -0.25) is 4.99 Å². The summed E-state index contributed by atoms with van der Waals surface area (Å²) in [4.78, 5) is 28.4. The molecule has 6 nitrogen and oxygen atoms in total. The molecule has 0 radical (unpaired) electrons. The maximum absolute atomic E-state index is 12.4. The molecule has 31 heavy (non-hydrogen) atoms. The molecule has 1 aliphatic heterocycles. The molecule has 0 saturated heterocycles. The van der Waals surface area contributed by atoms with E-state index in [9.17, 15) is 9.59 Å². The van der Waals surface area contributed by atoms with Gasteiger partial charge in [0.05, 0.1) is 17.9 Å². The summed E-state index contributed by atoms with van der Waals surface area (Å²) in [5.74, 6) is -0.399. The Morgan fingerprint density at radius 1 is 1.00 bits per heavy atom. The number of nitrogens with zero attached hydrogens (tertiary/aromatic N) is 1. The van der Waals surface area contributed by atoms with Crippen LogP contribution in [-0.4, -0.2) is 37.0 Å². The number of unbranched alkanes of at least 4 members (excludes halogenated alkanes) is 1. The Morgan fingerprint density at radius 2 is 1.77 bits per heavy atom. The molecular weight excluding hydrogens is 392 g/mol. The van der Waals surface area contributed by atoms with Crippen molar-refractivity contribution in [2.45, 2.75) is 39.2 Å². The normalized spacial score (nSPS) is 13.5. The van der Waals surface area contributed by atoms with Gasteiger partial charge in [-0.05, 0) is 57.9 Å². The molecule has 0 atom stereocenters. The number of amides is 1. The number of carbonyl (C=O) groups excluding carboxylic acids is 2. The minimum atomic E-state index is -0.520. The predicted octanol–water partition coefficient (Wildman–Crippen LogP) is 5.30. The maximum atomic E-state index is 12.4. The molecular formula is C25H30N2O4. The Bertz CT molecular complexity index is 902. The van der Waals surface area contributed by atoms with Crippen molar-refractivity contribution >= 4 is 30.0 Å². The summed E-state index contributed by atoms with van der Waals surface area (Å²) in [6.45, 7) is 6.18. The number of fused-ring (bicyclic) bond motifs is 1. The summed E-state index contributed by atoms with van der Waals surface area (Å²) in [6, 6.07) is 7.82. The van der Waals surface area contributed by atoms with E-state index in [2.05, 4.69) is 10.3 Å². The van der Waals surface area contributed by atoms with E-state index in [0.717, 1.165) is 11.3 Å². The van der Waals surface area contributed by atoms with Crippen molar-refractivity contribution in [3.63, 3.8) is 0 Å². The fraction of sp³-hybridized carbons (Fsp3) is 0.320. The predicted molar refractivity (Wildman–Crippen MR) is 124 cm³/mol. The van der Waals surface area contributed by atoms with Gasteiger partial charge >= 0.3 is 12.1 Å². The van der Waals surface area contributed by atoms with Crippen molar-refractivity contribution in [3.8, 4) is 0 Å². The van der Waals surface area contributed by atoms with Crippen LogP contribution in [0.15, 0.2) is 71.3 Å². The highest BCUT2D eigenvalue weighted by Gasteiger charge is 2.15. The minimum absolute atomic E-state index is 0.272. The molecule has 0 aromatic heterocycles. The number of hydrogen-bond acceptors (Lipinski definition) is 5. The molecule has 1 heterocycles. The van der Waals surface area contributed by atoms with Gasteiger partial charge in [-0.25, -0.2) is 9.59 Å². The number of carbonyl (C=O) groups is 2. The molecule has 2 rings (SSSR count). The summed E-state index contributed by atoms with van der Waals surface area (Å²) in [7, 11) is 0. The number of allylic oxidation sites excluding steroid dienone is 5. The average Bonchev–Trinajstić information content (AvgIpc) is 2.69. The molecule has 0 aliphatic carbocycles. The van der Waals surface area contributed by atoms with Crippen LogP contribution in [0.3, 0.4) is 0 Å². The highest BCUT2D eigenvalue weighted by Crippen LogP contribution is 2.20. The number of esters is 1. The molecule has 1 aromatic rings. The molecule has 1 N–H and O–H groups in total. The third-order valence-corrected chi connectivity index (χ3v) is 3.99. The van der Waals surface area contributed by atoms with Crippen LogP contribution < -0.4 is 5.32 Å². The number of rotatable bonds is 6. The van der Waals surface area contributed by atoms with Crippen molar-refractivity contribution in [2.75, 3.05) is 13.2 Å². The van der Waals surface area contributed by atoms with Crippen molar-refractivity contribution < 1.29 is 19.1 Å². The second kappa shape index (κ2) is 12.3. The summed E-state index contributed by atoms with van der Waals surface area (Å²) in [6.07, 6.45) is 15.1. The minimum Gasteiger partial charge on any atom is -0.462 e. The zero-order valence-electron chi connectivity index (χ0n) is 18.3. The lowest BCUT2D eigenvalue weighted by Crippen LogP contribution is -2.33. The monoisotopic (exact) mass is 422 g/mol. The lowest BCUT2D eigenvalue weighted by Gasteiger charge is -2.19. The lowest BCUT2D eigenvalue weighted by molar-refractivity contribution is -0.138. The van der Waals surface area contributed by atoms with Crippen LogP contribution in [-0.2, 0) is 14.3 Å². The van der Waals surface area contributed by atoms with Crippen LogP contribution in [0.25, 0.3) is 6.08 Å². The van der Waals surface area contributed by atoms with Gasteiger partial charge in [0.25, 0.3) is 0 Å². The lowest BCUT2D eigenvalue weighted by atomic mass is 10.1. The molecule has 164 valence electrons. The molecule has 0 fully saturated rings. The van der Waals surface area contributed by atoms with Crippen molar-refractivity contribution in [1.82, 2.24) is 5.32 Å². The number of aliphatic imine (C=N–C) groups is 1. The van der Waals surface area contributed by atoms with Crippen LogP contribution in [0.2, 0.25) is 0 Å². The molecule has 1 aromatic carbocycles. The zero-order valence-corrected chi connectivity index (χ0v) is 18.3. The van der Waals surface area contributed by atoms with Crippen molar-refractivity contribution in [3.05, 3.63) is 71.9 Å². The van der Waals surface area contributed by atoms with E-state index in [1.165, 1.54) is 0 Å². The largest absolute Gasteiger partial charge is 0.462 e. The van der Waals surface area contributed by atoms with E-state index in [1.807, 2.05) is 57.2 Å². The molecule has 0 unspecified atom stereocenters. The highest BCUT2D eigenvalue weighted by atomic mass is 16.6. The third-order valence-electron chi connectivity index (χ3n) is 3.99. The molecule has 6 heteroatoms. The summed E-state index contributed by atoms with van der Waals surface area (Å²) in [5.41, 5.74) is 1.79. The number of para-hydroxylation sites is 1. The van der Waals surface area contributed by atoms with Crippen molar-refractivity contribution in [1.29, 1.82) is 0 Å². The Labute approximate surface area is 184 Å². The van der Waals surface area contributed by atoms with Crippen LogP contribution in [0, 0.1) is 0 Å². The first kappa shape index (κ1) is 23.9. The summed E-state index contributed by atoms with van der Waals surface area (Å²) < 4.78 is 10.5. The fourth-order valence-corrected chi connectivity index (χ4v) is 2.57. The topological polar surface area (TPSA) is 77.0 Å². The summed E-state index contributed by atoms with van der Waals surface area (Å²) >= 11 is 0. The molecule has 0 bridgehead atoms. The first-order chi connectivity index (χ1) is 14.8. The van der Waals surface area contributed by atoms with Crippen LogP contribution in [0.5, 0.6) is 0 Å². The van der Waals surface area contributed by atoms with Gasteiger partial charge in [0.2, 0.25) is 0 Å². The van der Waals surface area contributed by atoms with Crippen LogP contribution >= 0.6 is 0 Å². The smallest absolute Gasteiger partial charge is 0.407 e. The second-order valence-corrected chi connectivity index (χ2v) is 7.83. The Morgan fingerprint density at radius 3 is 2.58 bits per heavy atom. The number of nitrogens with one attached hydrogen (secondary N) is 1. The van der Waals surface area contributed by atoms with E-state index >= 15 is 0 Å². The maximum Gasteiger partial charge on any atom is 0.407 e. The van der Waals surface area contributed by atoms with Crippen LogP contribution in [0.1, 0.15) is 39.2 Å². The van der Waals surface area contributed by atoms with Gasteiger partial charge < -0.3 is 14.8 Å². The quantitative estimate of drug-likeness (QED) is 0.498. The van der Waals surface area contributed by atoms with E-state index < -0.39 is 17.7 Å². The van der Waals surface area contributed by atoms with Gasteiger partial charge in [0.1, 0.15) is 5.60 Å². The standard InChI is InChI=1S/C25H30N2O4/c1-25(2,3)31-24(29)27-18-10-11-19-30-23(28)21-14-5-4-12-20-13-6-7-16-22(20)26-17-9-8-15-21/h4-9,12-17H,10-11,18-19H2,1-3H3,(H,27,29). The Kier molecular flexibility index (Phi) is 9.49. The third kappa shape index (κ3) is 9.76. The van der Waals surface area contributed by atoms with Gasteiger partial charge in [0.15, 0.2) is 0 Å². The van der Waals surface area contributed by atoms with Crippen LogP contribution in [0.4, 0.5) is 10.5 Å². The first-order valence-electron chi connectivity index (χ1n) is 10.3. The van der Waals surface area contributed by atoms with Gasteiger partial charge in [-0.1, -0.05) is 42.5 Å². The molecule has 0 saturated carbocycles. The number of hydrogen-bond donors (Lipinski definition) is 1. The van der Waals surface area contributed by atoms with Gasteiger partial charge in [-0.2, -0.15) is 0 Å². The number of ether oxygens (including phenoxy) is 2. The SMILES string of the molecule is CC(C)(C)OC(=O)NCCCCOC(=O)C1=CC=CC=Nc2ccccc2C=CC=C1. The number of benzene rings is 1. The molecule has 1 amide bonds.